The molecular weight excluding hydrogens is 544 g/mol. The summed E-state index contributed by atoms with van der Waals surface area (Å²) in [5, 5.41) is 2.58. The molecule has 0 saturated heterocycles. The van der Waals surface area contributed by atoms with Crippen LogP contribution < -0.4 is 4.90 Å². The fourth-order valence-corrected chi connectivity index (χ4v) is 9.26. The van der Waals surface area contributed by atoms with Crippen LogP contribution in [0.1, 0.15) is 80.8 Å². The first-order valence-corrected chi connectivity index (χ1v) is 17.4. The number of aromatic nitrogens is 1. The van der Waals surface area contributed by atoms with E-state index in [0.29, 0.717) is 5.92 Å². The average Bonchev–Trinajstić information content (AvgIpc) is 3.83. The molecular formula is C43H42N2. The Morgan fingerprint density at radius 3 is 1.89 bits per heavy atom. The zero-order chi connectivity index (χ0) is 29.7. The van der Waals surface area contributed by atoms with Crippen molar-refractivity contribution < 1.29 is 0 Å². The van der Waals surface area contributed by atoms with Crippen LogP contribution in [-0.4, -0.2) is 4.57 Å². The Balaban J connectivity index is 1.17. The highest BCUT2D eigenvalue weighted by molar-refractivity contribution is 6.10. The fourth-order valence-electron chi connectivity index (χ4n) is 9.26. The van der Waals surface area contributed by atoms with Crippen molar-refractivity contribution >= 4 is 38.9 Å². The zero-order valence-corrected chi connectivity index (χ0v) is 26.1. The van der Waals surface area contributed by atoms with Gasteiger partial charge in [0.2, 0.25) is 0 Å². The van der Waals surface area contributed by atoms with E-state index in [1.165, 1.54) is 108 Å². The number of anilines is 3. The number of rotatable bonds is 6. The van der Waals surface area contributed by atoms with Gasteiger partial charge in [-0.2, -0.15) is 0 Å². The Hall–Kier alpha value is -4.30. The third-order valence-corrected chi connectivity index (χ3v) is 11.5. The number of benzene rings is 5. The van der Waals surface area contributed by atoms with Crippen molar-refractivity contribution in [3.8, 4) is 5.69 Å². The van der Waals surface area contributed by atoms with Gasteiger partial charge in [0.25, 0.3) is 0 Å². The molecule has 3 saturated carbocycles. The third kappa shape index (κ3) is 4.78. The number of hydrogen-bond acceptors (Lipinski definition) is 1. The summed E-state index contributed by atoms with van der Waals surface area (Å²) < 4.78 is 2.43. The largest absolute Gasteiger partial charge is 0.310 e. The lowest BCUT2D eigenvalue weighted by Crippen LogP contribution is -2.12. The molecule has 0 spiro atoms. The predicted octanol–water partition coefficient (Wildman–Crippen LogP) is 12.2. The highest BCUT2D eigenvalue weighted by atomic mass is 15.1. The molecule has 0 aliphatic heterocycles. The van der Waals surface area contributed by atoms with E-state index in [2.05, 4.69) is 131 Å². The predicted molar refractivity (Wildman–Crippen MR) is 189 cm³/mol. The van der Waals surface area contributed by atoms with Crippen molar-refractivity contribution in [3.05, 3.63) is 132 Å². The molecule has 2 nitrogen and oxygen atoms in total. The summed E-state index contributed by atoms with van der Waals surface area (Å²) in [5.74, 6) is 3.31. The van der Waals surface area contributed by atoms with Crippen molar-refractivity contribution in [1.29, 1.82) is 0 Å². The minimum Gasteiger partial charge on any atom is -0.310 e. The first-order chi connectivity index (χ1) is 22.3. The van der Waals surface area contributed by atoms with Crippen molar-refractivity contribution in [1.82, 2.24) is 4.57 Å². The quantitative estimate of drug-likeness (QED) is 0.188. The summed E-state index contributed by atoms with van der Waals surface area (Å²) in [6, 6.07) is 45.9. The fraction of sp³-hybridized carbons (Fsp3) is 0.302. The standard InChI is InChI=1S/C43H42N2/c1-3-9-31(10-4-1)32-17-21-36(22-18-32)44(37-23-19-33(20-24-37)41-28-30-15-16-34(41)27-30)38-25-26-40-39-13-7-8-14-42(39)45(43(40)29-38)35-11-5-2-6-12-35/h2,5-8,11-14,17-26,29-31,34,41H,1,3-4,9-10,15-16,27-28H2. The van der Waals surface area contributed by atoms with E-state index in [-0.39, 0.29) is 0 Å². The molecule has 0 radical (unpaired) electrons. The summed E-state index contributed by atoms with van der Waals surface area (Å²) in [6.45, 7) is 0. The molecule has 9 rings (SSSR count). The number of hydrogen-bond donors (Lipinski definition) is 0. The summed E-state index contributed by atoms with van der Waals surface area (Å²) in [7, 11) is 0. The zero-order valence-electron chi connectivity index (χ0n) is 26.1. The third-order valence-electron chi connectivity index (χ3n) is 11.5. The Bertz CT molecular complexity index is 1940. The average molecular weight is 587 g/mol. The van der Waals surface area contributed by atoms with Gasteiger partial charge in [-0.05, 0) is 121 Å². The van der Waals surface area contributed by atoms with Gasteiger partial charge in [0.15, 0.2) is 0 Å². The molecule has 3 aliphatic rings. The van der Waals surface area contributed by atoms with Gasteiger partial charge in [-0.25, -0.2) is 0 Å². The van der Waals surface area contributed by atoms with Crippen LogP contribution in [0.3, 0.4) is 0 Å². The maximum Gasteiger partial charge on any atom is 0.0561 e. The van der Waals surface area contributed by atoms with E-state index in [4.69, 9.17) is 0 Å². The molecule has 2 bridgehead atoms. The second kappa shape index (κ2) is 11.2. The van der Waals surface area contributed by atoms with Gasteiger partial charge in [-0.3, -0.25) is 0 Å². The molecule has 3 fully saturated rings. The van der Waals surface area contributed by atoms with E-state index in [1.807, 2.05) is 0 Å². The SMILES string of the molecule is c1ccc(-n2c3ccccc3c3ccc(N(c4ccc(C5CCCCC5)cc4)c4ccc(C5CC6CCC5C6)cc4)cc32)cc1. The Morgan fingerprint density at radius 1 is 0.511 bits per heavy atom. The smallest absolute Gasteiger partial charge is 0.0561 e. The first kappa shape index (κ1) is 27.0. The van der Waals surface area contributed by atoms with E-state index < -0.39 is 0 Å². The molecule has 2 heteroatoms. The van der Waals surface area contributed by atoms with Crippen LogP contribution in [0.25, 0.3) is 27.5 Å². The van der Waals surface area contributed by atoms with Crippen molar-refractivity contribution in [2.75, 3.05) is 4.90 Å². The van der Waals surface area contributed by atoms with Gasteiger partial charge in [0.05, 0.1) is 11.0 Å². The van der Waals surface area contributed by atoms with Crippen molar-refractivity contribution in [2.45, 2.75) is 69.6 Å². The van der Waals surface area contributed by atoms with E-state index in [9.17, 15) is 0 Å². The molecule has 3 atom stereocenters. The summed E-state index contributed by atoms with van der Waals surface area (Å²) in [4.78, 5) is 2.47. The second-order valence-electron chi connectivity index (χ2n) is 14.0. The lowest BCUT2D eigenvalue weighted by atomic mass is 9.83. The summed E-state index contributed by atoms with van der Waals surface area (Å²) in [5.41, 5.74) is 10.4. The highest BCUT2D eigenvalue weighted by Crippen LogP contribution is 2.53. The minimum absolute atomic E-state index is 0.709. The van der Waals surface area contributed by atoms with Crippen LogP contribution in [0.15, 0.2) is 121 Å². The molecule has 3 aliphatic carbocycles. The normalized spacial score (nSPS) is 21.6. The minimum atomic E-state index is 0.709. The molecule has 5 aromatic carbocycles. The van der Waals surface area contributed by atoms with Gasteiger partial charge in [-0.1, -0.05) is 92.4 Å². The molecule has 3 unspecified atom stereocenters. The van der Waals surface area contributed by atoms with Crippen LogP contribution in [0.5, 0.6) is 0 Å². The number of para-hydroxylation sites is 2. The van der Waals surface area contributed by atoms with Gasteiger partial charge in [-0.15, -0.1) is 0 Å². The Morgan fingerprint density at radius 2 is 1.18 bits per heavy atom. The van der Waals surface area contributed by atoms with Crippen LogP contribution in [0, 0.1) is 11.8 Å². The van der Waals surface area contributed by atoms with Crippen molar-refractivity contribution in [2.24, 2.45) is 11.8 Å². The lowest BCUT2D eigenvalue weighted by Gasteiger charge is -2.28. The molecule has 1 heterocycles. The van der Waals surface area contributed by atoms with Gasteiger partial charge in [0, 0.05) is 33.5 Å². The van der Waals surface area contributed by atoms with Crippen LogP contribution in [-0.2, 0) is 0 Å². The number of fused-ring (bicyclic) bond motifs is 5. The maximum atomic E-state index is 2.47. The van der Waals surface area contributed by atoms with E-state index in [0.717, 1.165) is 17.8 Å². The monoisotopic (exact) mass is 586 g/mol. The van der Waals surface area contributed by atoms with Gasteiger partial charge in [0.1, 0.15) is 0 Å². The van der Waals surface area contributed by atoms with Crippen molar-refractivity contribution in [3.63, 3.8) is 0 Å². The Labute approximate surface area is 267 Å². The maximum absolute atomic E-state index is 2.47. The van der Waals surface area contributed by atoms with Crippen LogP contribution in [0.4, 0.5) is 17.1 Å². The van der Waals surface area contributed by atoms with E-state index in [1.54, 1.807) is 5.56 Å². The summed E-state index contributed by atoms with van der Waals surface area (Å²) >= 11 is 0. The molecule has 45 heavy (non-hydrogen) atoms. The first-order valence-electron chi connectivity index (χ1n) is 17.4. The lowest BCUT2D eigenvalue weighted by molar-refractivity contribution is 0.420. The van der Waals surface area contributed by atoms with E-state index >= 15 is 0 Å². The molecule has 6 aromatic rings. The topological polar surface area (TPSA) is 8.17 Å². The van der Waals surface area contributed by atoms with Crippen LogP contribution >= 0.6 is 0 Å². The number of nitrogens with zero attached hydrogens (tertiary/aromatic N) is 2. The molecule has 1 aromatic heterocycles. The molecule has 224 valence electrons. The second-order valence-corrected chi connectivity index (χ2v) is 14.0. The van der Waals surface area contributed by atoms with Gasteiger partial charge < -0.3 is 9.47 Å². The summed E-state index contributed by atoms with van der Waals surface area (Å²) in [6.07, 6.45) is 12.5. The molecule has 0 N–H and O–H groups in total. The Kier molecular flexibility index (Phi) is 6.76. The van der Waals surface area contributed by atoms with Crippen LogP contribution in [0.2, 0.25) is 0 Å². The highest BCUT2D eigenvalue weighted by Gasteiger charge is 2.40. The molecule has 0 amide bonds. The van der Waals surface area contributed by atoms with Gasteiger partial charge >= 0.3 is 0 Å².